The van der Waals surface area contributed by atoms with Crippen molar-refractivity contribution in [3.8, 4) is 0 Å². The van der Waals surface area contributed by atoms with Crippen LogP contribution in [-0.4, -0.2) is 18.6 Å². The van der Waals surface area contributed by atoms with Gasteiger partial charge in [0, 0.05) is 5.69 Å². The molecule has 0 unspecified atom stereocenters. The Labute approximate surface area is 103 Å². The maximum atomic E-state index is 11.8. The predicted molar refractivity (Wildman–Crippen MR) is 66.3 cm³/mol. The van der Waals surface area contributed by atoms with Gasteiger partial charge in [-0.15, -0.1) is 10.2 Å². The normalized spacial score (nSPS) is 11.4. The third-order valence-corrected chi connectivity index (χ3v) is 4.46. The number of aryl methyl sites for hydroxylation is 1. The van der Waals surface area contributed by atoms with Gasteiger partial charge in [0.15, 0.2) is 0 Å². The van der Waals surface area contributed by atoms with Crippen LogP contribution in [-0.2, 0) is 10.0 Å². The molecule has 0 bridgehead atoms. The summed E-state index contributed by atoms with van der Waals surface area (Å²) in [6.45, 7) is 1.92. The SMILES string of the molecule is Cc1ccc(NS(=O)(=O)c2nnc(N)s2)cc1. The Morgan fingerprint density at radius 1 is 1.24 bits per heavy atom. The lowest BCUT2D eigenvalue weighted by molar-refractivity contribution is 0.599. The summed E-state index contributed by atoms with van der Waals surface area (Å²) < 4.78 is 25.9. The Morgan fingerprint density at radius 2 is 1.88 bits per heavy atom. The van der Waals surface area contributed by atoms with E-state index in [1.165, 1.54) is 0 Å². The molecule has 2 aromatic rings. The molecule has 0 radical (unpaired) electrons. The van der Waals surface area contributed by atoms with E-state index in [0.29, 0.717) is 5.69 Å². The highest BCUT2D eigenvalue weighted by Crippen LogP contribution is 2.20. The number of benzene rings is 1. The smallest absolute Gasteiger partial charge is 0.291 e. The number of nitrogens with two attached hydrogens (primary N) is 1. The molecule has 90 valence electrons. The number of hydrogen-bond donors (Lipinski definition) is 2. The quantitative estimate of drug-likeness (QED) is 0.874. The Hall–Kier alpha value is -1.67. The van der Waals surface area contributed by atoms with Crippen molar-refractivity contribution in [2.24, 2.45) is 0 Å². The van der Waals surface area contributed by atoms with E-state index in [0.717, 1.165) is 16.9 Å². The summed E-state index contributed by atoms with van der Waals surface area (Å²) in [6, 6.07) is 6.98. The van der Waals surface area contributed by atoms with E-state index >= 15 is 0 Å². The van der Waals surface area contributed by atoms with Crippen LogP contribution in [0.3, 0.4) is 0 Å². The molecule has 1 aromatic heterocycles. The molecule has 3 N–H and O–H groups in total. The van der Waals surface area contributed by atoms with Crippen molar-refractivity contribution in [1.29, 1.82) is 0 Å². The largest absolute Gasteiger partial charge is 0.374 e. The monoisotopic (exact) mass is 270 g/mol. The van der Waals surface area contributed by atoms with E-state index in [1.54, 1.807) is 12.1 Å². The zero-order chi connectivity index (χ0) is 12.5. The molecular weight excluding hydrogens is 260 g/mol. The Balaban J connectivity index is 2.26. The zero-order valence-electron chi connectivity index (χ0n) is 8.91. The number of nitrogen functional groups attached to an aromatic ring is 1. The van der Waals surface area contributed by atoms with Gasteiger partial charge in [0.05, 0.1) is 0 Å². The van der Waals surface area contributed by atoms with Gasteiger partial charge in [-0.1, -0.05) is 29.0 Å². The van der Waals surface area contributed by atoms with Gasteiger partial charge < -0.3 is 5.73 Å². The molecule has 2 rings (SSSR count). The number of sulfonamides is 1. The first-order chi connectivity index (χ1) is 7.97. The van der Waals surface area contributed by atoms with Crippen molar-refractivity contribution in [3.63, 3.8) is 0 Å². The molecule has 1 heterocycles. The lowest BCUT2D eigenvalue weighted by atomic mass is 10.2. The number of nitrogens with zero attached hydrogens (tertiary/aromatic N) is 2. The van der Waals surface area contributed by atoms with Crippen LogP contribution in [0.2, 0.25) is 0 Å². The van der Waals surface area contributed by atoms with Crippen molar-refractivity contribution in [2.45, 2.75) is 11.3 Å². The molecule has 0 amide bonds. The standard InChI is InChI=1S/C9H10N4O2S2/c1-6-2-4-7(5-3-6)13-17(14,15)9-12-11-8(10)16-9/h2-5,13H,1H3,(H2,10,11). The fraction of sp³-hybridized carbons (Fsp3) is 0.111. The van der Waals surface area contributed by atoms with Crippen LogP contribution in [0.15, 0.2) is 28.6 Å². The van der Waals surface area contributed by atoms with Gasteiger partial charge in [-0.05, 0) is 19.1 Å². The second-order valence-corrected chi connectivity index (χ2v) is 6.24. The Morgan fingerprint density at radius 3 is 2.41 bits per heavy atom. The van der Waals surface area contributed by atoms with E-state index in [-0.39, 0.29) is 9.47 Å². The maximum Gasteiger partial charge on any atom is 0.291 e. The summed E-state index contributed by atoms with van der Waals surface area (Å²) in [4.78, 5) is 0. The van der Waals surface area contributed by atoms with E-state index in [4.69, 9.17) is 5.73 Å². The summed E-state index contributed by atoms with van der Waals surface area (Å²) >= 11 is 0.822. The van der Waals surface area contributed by atoms with Crippen molar-refractivity contribution < 1.29 is 8.42 Å². The van der Waals surface area contributed by atoms with Gasteiger partial charge in [0.2, 0.25) is 5.13 Å². The van der Waals surface area contributed by atoms with Gasteiger partial charge in [-0.3, -0.25) is 4.72 Å². The zero-order valence-corrected chi connectivity index (χ0v) is 10.5. The molecule has 17 heavy (non-hydrogen) atoms. The summed E-state index contributed by atoms with van der Waals surface area (Å²) in [6.07, 6.45) is 0. The summed E-state index contributed by atoms with van der Waals surface area (Å²) in [7, 11) is -3.69. The minimum atomic E-state index is -3.69. The third-order valence-electron chi connectivity index (χ3n) is 1.96. The van der Waals surface area contributed by atoms with Crippen LogP contribution in [0.25, 0.3) is 0 Å². The Bertz CT molecular complexity index is 619. The number of nitrogens with one attached hydrogen (secondary N) is 1. The van der Waals surface area contributed by atoms with Crippen LogP contribution < -0.4 is 10.5 Å². The minimum absolute atomic E-state index is 0.120. The van der Waals surface area contributed by atoms with Crippen molar-refractivity contribution in [1.82, 2.24) is 10.2 Å². The number of rotatable bonds is 3. The van der Waals surface area contributed by atoms with Crippen molar-refractivity contribution >= 4 is 32.2 Å². The van der Waals surface area contributed by atoms with Crippen molar-refractivity contribution in [2.75, 3.05) is 10.5 Å². The fourth-order valence-electron chi connectivity index (χ4n) is 1.15. The van der Waals surface area contributed by atoms with E-state index in [1.807, 2.05) is 19.1 Å². The summed E-state index contributed by atoms with van der Waals surface area (Å²) in [5, 5.41) is 7.08. The number of anilines is 2. The molecule has 1 aromatic carbocycles. The van der Waals surface area contributed by atoms with Crippen LogP contribution in [0.4, 0.5) is 10.8 Å². The topological polar surface area (TPSA) is 98.0 Å². The van der Waals surface area contributed by atoms with E-state index in [2.05, 4.69) is 14.9 Å². The van der Waals surface area contributed by atoms with Gasteiger partial charge in [0.1, 0.15) is 0 Å². The first-order valence-corrected chi connectivity index (χ1v) is 6.96. The van der Waals surface area contributed by atoms with Gasteiger partial charge in [-0.25, -0.2) is 0 Å². The molecule has 0 aliphatic heterocycles. The molecule has 0 aliphatic carbocycles. The molecule has 0 fully saturated rings. The molecular formula is C9H10N4O2S2. The molecule has 6 nitrogen and oxygen atoms in total. The maximum absolute atomic E-state index is 11.8. The highest BCUT2D eigenvalue weighted by molar-refractivity contribution is 7.94. The molecule has 8 heteroatoms. The first kappa shape index (κ1) is 11.8. The van der Waals surface area contributed by atoms with Gasteiger partial charge in [-0.2, -0.15) is 8.42 Å². The number of aromatic nitrogens is 2. The molecule has 0 aliphatic rings. The lowest BCUT2D eigenvalue weighted by Crippen LogP contribution is -2.12. The minimum Gasteiger partial charge on any atom is -0.374 e. The third kappa shape index (κ3) is 2.71. The first-order valence-electron chi connectivity index (χ1n) is 4.66. The van der Waals surface area contributed by atoms with Gasteiger partial charge in [0.25, 0.3) is 14.4 Å². The number of hydrogen-bond acceptors (Lipinski definition) is 6. The lowest BCUT2D eigenvalue weighted by Gasteiger charge is -2.04. The molecule has 0 spiro atoms. The summed E-state index contributed by atoms with van der Waals surface area (Å²) in [5.41, 5.74) is 6.87. The predicted octanol–water partition coefficient (Wildman–Crippen LogP) is 1.23. The molecule has 0 saturated carbocycles. The average Bonchev–Trinajstić information content (AvgIpc) is 2.69. The Kier molecular flexibility index (Phi) is 2.99. The van der Waals surface area contributed by atoms with Crippen LogP contribution >= 0.6 is 11.3 Å². The fourth-order valence-corrected chi connectivity index (χ4v) is 2.99. The van der Waals surface area contributed by atoms with Crippen LogP contribution in [0, 0.1) is 6.92 Å². The second kappa shape index (κ2) is 4.30. The second-order valence-electron chi connectivity index (χ2n) is 3.38. The average molecular weight is 270 g/mol. The van der Waals surface area contributed by atoms with Gasteiger partial charge >= 0.3 is 0 Å². The summed E-state index contributed by atoms with van der Waals surface area (Å²) in [5.74, 6) is 0. The van der Waals surface area contributed by atoms with Crippen LogP contribution in [0.1, 0.15) is 5.56 Å². The van der Waals surface area contributed by atoms with Crippen LogP contribution in [0.5, 0.6) is 0 Å². The van der Waals surface area contributed by atoms with E-state index < -0.39 is 10.0 Å². The molecule has 0 saturated heterocycles. The van der Waals surface area contributed by atoms with Crippen molar-refractivity contribution in [3.05, 3.63) is 29.8 Å². The molecule has 0 atom stereocenters. The highest BCUT2D eigenvalue weighted by atomic mass is 32.2. The van der Waals surface area contributed by atoms with E-state index in [9.17, 15) is 8.42 Å². The highest BCUT2D eigenvalue weighted by Gasteiger charge is 2.19.